The Hall–Kier alpha value is -3.70. The van der Waals surface area contributed by atoms with E-state index in [4.69, 9.17) is 15.2 Å². The van der Waals surface area contributed by atoms with Crippen LogP contribution < -0.4 is 20.7 Å². The molecule has 1 aliphatic heterocycles. The summed E-state index contributed by atoms with van der Waals surface area (Å²) in [5, 5.41) is 6.74. The number of carbonyl (C=O) groups excluding carboxylic acids is 1. The van der Waals surface area contributed by atoms with Gasteiger partial charge in [-0.15, -0.1) is 0 Å². The van der Waals surface area contributed by atoms with Crippen molar-refractivity contribution in [1.29, 1.82) is 0 Å². The monoisotopic (exact) mass is 489 g/mol. The highest BCUT2D eigenvalue weighted by Gasteiger charge is 2.37. The van der Waals surface area contributed by atoms with E-state index in [2.05, 4.69) is 20.4 Å². The molecule has 4 heterocycles. The molecule has 4 rings (SSSR count). The third-order valence-corrected chi connectivity index (χ3v) is 5.38. The lowest BCUT2D eigenvalue weighted by Crippen LogP contribution is -2.38. The van der Waals surface area contributed by atoms with Gasteiger partial charge in [0.1, 0.15) is 29.5 Å². The highest BCUT2D eigenvalue weighted by molar-refractivity contribution is 5.67. The molecule has 0 aromatic carbocycles. The van der Waals surface area contributed by atoms with Crippen LogP contribution in [-0.4, -0.2) is 56.6 Å². The summed E-state index contributed by atoms with van der Waals surface area (Å²) in [6.07, 6.45) is 2.05. The lowest BCUT2D eigenvalue weighted by atomic mass is 10.1. The summed E-state index contributed by atoms with van der Waals surface area (Å²) in [5.41, 5.74) is 6.53. The first-order valence-corrected chi connectivity index (χ1v) is 11.3. The van der Waals surface area contributed by atoms with Crippen LogP contribution in [-0.2, 0) is 4.74 Å². The van der Waals surface area contributed by atoms with Gasteiger partial charge < -0.3 is 25.4 Å². The second-order valence-corrected chi connectivity index (χ2v) is 9.51. The quantitative estimate of drug-likeness (QED) is 0.541. The summed E-state index contributed by atoms with van der Waals surface area (Å²) < 4.78 is 41.6. The molecule has 35 heavy (non-hydrogen) atoms. The fraction of sp³-hybridized carbons (Fsp3) is 0.478. The van der Waals surface area contributed by atoms with Gasteiger partial charge in [-0.25, -0.2) is 28.1 Å². The number of alkyl carbamates (subject to hydrolysis) is 1. The van der Waals surface area contributed by atoms with Crippen molar-refractivity contribution in [2.24, 2.45) is 0 Å². The average Bonchev–Trinajstić information content (AvgIpc) is 3.34. The minimum Gasteiger partial charge on any atom is -0.473 e. The van der Waals surface area contributed by atoms with Crippen LogP contribution in [0.5, 0.6) is 5.88 Å². The van der Waals surface area contributed by atoms with Gasteiger partial charge in [0.2, 0.25) is 5.88 Å². The number of hydrogen-bond acceptors (Lipinski definition) is 8. The zero-order chi connectivity index (χ0) is 25.3. The number of rotatable bonds is 6. The molecule has 0 aliphatic carbocycles. The second kappa shape index (κ2) is 9.51. The Balaban J connectivity index is 1.55. The van der Waals surface area contributed by atoms with Gasteiger partial charge in [-0.2, -0.15) is 5.10 Å². The lowest BCUT2D eigenvalue weighted by Gasteiger charge is -2.27. The third-order valence-electron chi connectivity index (χ3n) is 5.38. The van der Waals surface area contributed by atoms with Crippen LogP contribution in [0.4, 0.5) is 25.1 Å². The normalized spacial score (nSPS) is 19.1. The Kier molecular flexibility index (Phi) is 6.64. The number of pyridine rings is 1. The first-order chi connectivity index (χ1) is 16.5. The number of anilines is 2. The molecule has 10 nitrogen and oxygen atoms in total. The van der Waals surface area contributed by atoms with E-state index < -0.39 is 35.8 Å². The van der Waals surface area contributed by atoms with E-state index in [9.17, 15) is 13.6 Å². The molecular formula is C23H29F2N7O3. The summed E-state index contributed by atoms with van der Waals surface area (Å²) in [7, 11) is 0. The van der Waals surface area contributed by atoms with Crippen LogP contribution in [0.2, 0.25) is 0 Å². The molecule has 1 aliphatic rings. The van der Waals surface area contributed by atoms with Gasteiger partial charge in [-0.3, -0.25) is 0 Å². The molecule has 12 heteroatoms. The number of hydrogen-bond donors (Lipinski definition) is 2. The second-order valence-electron chi connectivity index (χ2n) is 9.51. The van der Waals surface area contributed by atoms with Crippen molar-refractivity contribution in [3.8, 4) is 5.88 Å². The van der Waals surface area contributed by atoms with E-state index in [0.717, 1.165) is 6.20 Å². The van der Waals surface area contributed by atoms with Crippen LogP contribution >= 0.6 is 0 Å². The predicted octanol–water partition coefficient (Wildman–Crippen LogP) is 3.43. The number of fused-ring (bicyclic) bond motifs is 1. The highest BCUT2D eigenvalue weighted by Crippen LogP contribution is 2.40. The maximum Gasteiger partial charge on any atom is 0.407 e. The molecule has 3 aromatic heterocycles. The molecule has 3 N–H and O–H groups in total. The topological polar surface area (TPSA) is 120 Å². The van der Waals surface area contributed by atoms with Crippen molar-refractivity contribution < 1.29 is 23.0 Å². The Morgan fingerprint density at radius 1 is 1.37 bits per heavy atom. The van der Waals surface area contributed by atoms with Crippen molar-refractivity contribution in [2.75, 3.05) is 23.7 Å². The molecule has 3 aromatic rings. The largest absolute Gasteiger partial charge is 0.473 e. The fourth-order valence-corrected chi connectivity index (χ4v) is 3.92. The highest BCUT2D eigenvalue weighted by atomic mass is 19.1. The van der Waals surface area contributed by atoms with Gasteiger partial charge >= 0.3 is 6.09 Å². The van der Waals surface area contributed by atoms with E-state index in [1.807, 2.05) is 0 Å². The van der Waals surface area contributed by atoms with Crippen LogP contribution in [0.3, 0.4) is 0 Å². The average molecular weight is 490 g/mol. The maximum atomic E-state index is 14.6. The minimum absolute atomic E-state index is 0.0631. The molecule has 0 saturated carbocycles. The van der Waals surface area contributed by atoms with E-state index in [0.29, 0.717) is 22.7 Å². The minimum atomic E-state index is -1.16. The SMILES string of the molecule is C[C@@H](CNC(=O)OC(C)(C)C)Oc1ncc(F)cc1[C@H]1C[C@H](F)CN1c1ccn2ncc(N)c2n1. The number of nitrogen functional groups attached to an aromatic ring is 1. The van der Waals surface area contributed by atoms with Gasteiger partial charge in [0.15, 0.2) is 5.65 Å². The lowest BCUT2D eigenvalue weighted by molar-refractivity contribution is 0.0503. The van der Waals surface area contributed by atoms with E-state index in [1.54, 1.807) is 44.9 Å². The molecule has 3 atom stereocenters. The number of alkyl halides is 1. The van der Waals surface area contributed by atoms with E-state index >= 15 is 0 Å². The predicted molar refractivity (Wildman–Crippen MR) is 126 cm³/mol. The number of nitrogens with one attached hydrogen (secondary N) is 1. The zero-order valence-electron chi connectivity index (χ0n) is 20.0. The number of nitrogens with zero attached hydrogens (tertiary/aromatic N) is 5. The van der Waals surface area contributed by atoms with Crippen LogP contribution in [0.15, 0.2) is 30.7 Å². The van der Waals surface area contributed by atoms with Gasteiger partial charge in [0, 0.05) is 18.2 Å². The van der Waals surface area contributed by atoms with Crippen molar-refractivity contribution in [3.05, 3.63) is 42.1 Å². The van der Waals surface area contributed by atoms with Crippen LogP contribution in [0.25, 0.3) is 5.65 Å². The molecular weight excluding hydrogens is 460 g/mol. The molecule has 1 saturated heterocycles. The third kappa shape index (κ3) is 5.69. The summed E-state index contributed by atoms with van der Waals surface area (Å²) in [4.78, 5) is 22.3. The summed E-state index contributed by atoms with van der Waals surface area (Å²) >= 11 is 0. The molecule has 188 valence electrons. The van der Waals surface area contributed by atoms with Gasteiger partial charge in [0.05, 0.1) is 37.2 Å². The molecule has 0 radical (unpaired) electrons. The summed E-state index contributed by atoms with van der Waals surface area (Å²) in [6, 6.07) is 2.41. The standard InChI is InChI=1S/C23H29F2N7O3/c1-13(9-28-22(33)35-23(2,3)4)34-21-16(7-14(24)10-27-21)18-8-15(25)12-31(18)19-5-6-32-20(30-19)17(26)11-29-32/h5-7,10-11,13,15,18H,8-9,12,26H2,1-4H3,(H,28,33)/t13-,15-,18+/m0/s1. The fourth-order valence-electron chi connectivity index (χ4n) is 3.92. The Labute approximate surface area is 201 Å². The summed E-state index contributed by atoms with van der Waals surface area (Å²) in [5.74, 6) is 0.0567. The molecule has 0 unspecified atom stereocenters. The number of amides is 1. The smallest absolute Gasteiger partial charge is 0.407 e. The Morgan fingerprint density at radius 2 is 2.14 bits per heavy atom. The number of halogens is 2. The molecule has 0 spiro atoms. The Morgan fingerprint density at radius 3 is 2.89 bits per heavy atom. The van der Waals surface area contributed by atoms with Crippen molar-refractivity contribution in [3.63, 3.8) is 0 Å². The first-order valence-electron chi connectivity index (χ1n) is 11.3. The van der Waals surface area contributed by atoms with E-state index in [-0.39, 0.29) is 25.4 Å². The van der Waals surface area contributed by atoms with Gasteiger partial charge in [-0.1, -0.05) is 0 Å². The summed E-state index contributed by atoms with van der Waals surface area (Å²) in [6.45, 7) is 7.22. The van der Waals surface area contributed by atoms with Crippen molar-refractivity contribution in [2.45, 2.75) is 58.0 Å². The number of carbonyl (C=O) groups is 1. The van der Waals surface area contributed by atoms with Crippen LogP contribution in [0, 0.1) is 5.82 Å². The van der Waals surface area contributed by atoms with Crippen molar-refractivity contribution >= 4 is 23.2 Å². The zero-order valence-corrected chi connectivity index (χ0v) is 20.0. The van der Waals surface area contributed by atoms with Crippen LogP contribution in [0.1, 0.15) is 45.7 Å². The van der Waals surface area contributed by atoms with E-state index in [1.165, 1.54) is 16.8 Å². The number of nitrogens with two attached hydrogens (primary N) is 1. The van der Waals surface area contributed by atoms with Crippen molar-refractivity contribution in [1.82, 2.24) is 24.9 Å². The first kappa shape index (κ1) is 24.4. The maximum absolute atomic E-state index is 14.6. The number of ether oxygens (including phenoxy) is 2. The van der Waals surface area contributed by atoms with Gasteiger partial charge in [-0.05, 0) is 39.8 Å². The van der Waals surface area contributed by atoms with Gasteiger partial charge in [0.25, 0.3) is 0 Å². The Bertz CT molecular complexity index is 1210. The molecule has 1 amide bonds. The molecule has 0 bridgehead atoms. The number of aromatic nitrogens is 4. The molecule has 1 fully saturated rings.